The van der Waals surface area contributed by atoms with E-state index < -0.39 is 0 Å². The van der Waals surface area contributed by atoms with Crippen LogP contribution in [0.5, 0.6) is 0 Å². The van der Waals surface area contributed by atoms with Gasteiger partial charge in [-0.05, 0) is 30.2 Å². The first kappa shape index (κ1) is 18.0. The van der Waals surface area contributed by atoms with Crippen LogP contribution in [0.2, 0.25) is 5.02 Å². The third-order valence-corrected chi connectivity index (χ3v) is 4.12. The Bertz CT molecular complexity index is 717. The quantitative estimate of drug-likeness (QED) is 0.873. The summed E-state index contributed by atoms with van der Waals surface area (Å²) in [5.74, 6) is -0.154. The molecule has 0 heterocycles. The van der Waals surface area contributed by atoms with Crippen molar-refractivity contribution >= 4 is 29.1 Å². The molecule has 2 aromatic rings. The lowest BCUT2D eigenvalue weighted by Crippen LogP contribution is -2.38. The topological polar surface area (TPSA) is 49.4 Å². The number of aryl methyl sites for hydroxylation is 1. The molecule has 0 bridgehead atoms. The van der Waals surface area contributed by atoms with Crippen LogP contribution in [0.25, 0.3) is 0 Å². The minimum absolute atomic E-state index is 0.0633. The molecule has 2 aromatic carbocycles. The van der Waals surface area contributed by atoms with Gasteiger partial charge in [0.05, 0.1) is 6.42 Å². The minimum Gasteiger partial charge on any atom is -0.354 e. The van der Waals surface area contributed by atoms with E-state index in [9.17, 15) is 9.59 Å². The molecule has 0 fully saturated rings. The summed E-state index contributed by atoms with van der Waals surface area (Å²) in [5, 5.41) is 3.46. The molecule has 0 atom stereocenters. The Morgan fingerprint density at radius 2 is 1.83 bits per heavy atom. The molecular formula is C19H21ClN2O2. The Kier molecular flexibility index (Phi) is 6.38. The first-order chi connectivity index (χ1) is 11.5. The largest absolute Gasteiger partial charge is 0.354 e. The number of carbonyl (C=O) groups is 2. The molecule has 0 saturated heterocycles. The summed E-state index contributed by atoms with van der Waals surface area (Å²) < 4.78 is 0. The zero-order valence-corrected chi connectivity index (χ0v) is 14.6. The van der Waals surface area contributed by atoms with Gasteiger partial charge in [0.15, 0.2) is 0 Å². The molecule has 0 aromatic heterocycles. The Morgan fingerprint density at radius 1 is 1.12 bits per heavy atom. The van der Waals surface area contributed by atoms with Crippen molar-refractivity contribution in [3.63, 3.8) is 0 Å². The van der Waals surface area contributed by atoms with Crippen LogP contribution in [0.15, 0.2) is 48.5 Å². The van der Waals surface area contributed by atoms with Crippen LogP contribution in [0.4, 0.5) is 5.69 Å². The molecular weight excluding hydrogens is 324 g/mol. The van der Waals surface area contributed by atoms with Crippen LogP contribution in [0.3, 0.4) is 0 Å². The van der Waals surface area contributed by atoms with Crippen molar-refractivity contribution in [3.8, 4) is 0 Å². The van der Waals surface area contributed by atoms with Gasteiger partial charge in [-0.25, -0.2) is 0 Å². The van der Waals surface area contributed by atoms with Crippen molar-refractivity contribution in [1.82, 2.24) is 5.32 Å². The Hall–Kier alpha value is -2.33. The second-order valence-corrected chi connectivity index (χ2v) is 6.02. The van der Waals surface area contributed by atoms with Crippen molar-refractivity contribution in [2.45, 2.75) is 20.3 Å². The normalized spacial score (nSPS) is 10.3. The van der Waals surface area contributed by atoms with Crippen LogP contribution in [0, 0.1) is 6.92 Å². The fourth-order valence-corrected chi connectivity index (χ4v) is 2.54. The molecule has 1 N–H and O–H groups in total. The smallest absolute Gasteiger partial charge is 0.224 e. The SMILES string of the molecule is CC(=O)N(CCNC(=O)Cc1ccccc1)c1ccc(C)c(Cl)c1. The van der Waals surface area contributed by atoms with E-state index in [1.807, 2.05) is 49.4 Å². The van der Waals surface area contributed by atoms with Crippen molar-refractivity contribution in [2.24, 2.45) is 0 Å². The number of amides is 2. The monoisotopic (exact) mass is 344 g/mol. The fourth-order valence-electron chi connectivity index (χ4n) is 2.37. The van der Waals surface area contributed by atoms with E-state index >= 15 is 0 Å². The van der Waals surface area contributed by atoms with E-state index in [4.69, 9.17) is 11.6 Å². The van der Waals surface area contributed by atoms with Gasteiger partial charge >= 0.3 is 0 Å². The first-order valence-corrected chi connectivity index (χ1v) is 8.20. The molecule has 5 heteroatoms. The number of hydrogen-bond donors (Lipinski definition) is 1. The number of nitrogens with one attached hydrogen (secondary N) is 1. The van der Waals surface area contributed by atoms with Gasteiger partial charge < -0.3 is 10.2 Å². The summed E-state index contributed by atoms with van der Waals surface area (Å²) in [4.78, 5) is 25.4. The molecule has 126 valence electrons. The van der Waals surface area contributed by atoms with Gasteiger partial charge in [-0.1, -0.05) is 48.0 Å². The predicted octanol–water partition coefficient (Wildman–Crippen LogP) is 3.36. The van der Waals surface area contributed by atoms with Crippen LogP contribution >= 0.6 is 11.6 Å². The van der Waals surface area contributed by atoms with E-state index in [1.54, 1.807) is 11.0 Å². The molecule has 24 heavy (non-hydrogen) atoms. The van der Waals surface area contributed by atoms with E-state index in [2.05, 4.69) is 5.32 Å². The number of carbonyl (C=O) groups excluding carboxylic acids is 2. The highest BCUT2D eigenvalue weighted by Crippen LogP contribution is 2.23. The summed E-state index contributed by atoms with van der Waals surface area (Å²) in [7, 11) is 0. The lowest BCUT2D eigenvalue weighted by molar-refractivity contribution is -0.121. The van der Waals surface area contributed by atoms with Gasteiger partial charge in [0.2, 0.25) is 11.8 Å². The van der Waals surface area contributed by atoms with Gasteiger partial charge in [0.25, 0.3) is 0 Å². The van der Waals surface area contributed by atoms with E-state index in [0.29, 0.717) is 24.5 Å². The van der Waals surface area contributed by atoms with E-state index in [-0.39, 0.29) is 11.8 Å². The van der Waals surface area contributed by atoms with Crippen LogP contribution < -0.4 is 10.2 Å². The fraction of sp³-hybridized carbons (Fsp3) is 0.263. The summed E-state index contributed by atoms with van der Waals surface area (Å²) >= 11 is 6.13. The number of rotatable bonds is 6. The highest BCUT2D eigenvalue weighted by molar-refractivity contribution is 6.31. The molecule has 0 aliphatic rings. The number of nitrogens with zero attached hydrogens (tertiary/aromatic N) is 1. The average Bonchev–Trinajstić information content (AvgIpc) is 2.55. The molecule has 0 radical (unpaired) electrons. The number of hydrogen-bond acceptors (Lipinski definition) is 2. The highest BCUT2D eigenvalue weighted by Gasteiger charge is 2.13. The minimum atomic E-state index is -0.0905. The van der Waals surface area contributed by atoms with Crippen molar-refractivity contribution < 1.29 is 9.59 Å². The van der Waals surface area contributed by atoms with Crippen molar-refractivity contribution in [1.29, 1.82) is 0 Å². The van der Waals surface area contributed by atoms with Crippen molar-refractivity contribution in [3.05, 3.63) is 64.7 Å². The summed E-state index contributed by atoms with van der Waals surface area (Å²) in [5.41, 5.74) is 2.65. The van der Waals surface area contributed by atoms with Crippen LogP contribution in [0.1, 0.15) is 18.1 Å². The standard InChI is InChI=1S/C19H21ClN2O2/c1-14-8-9-17(13-18(14)20)22(15(2)23)11-10-21-19(24)12-16-6-4-3-5-7-16/h3-9,13H,10-12H2,1-2H3,(H,21,24). The molecule has 0 saturated carbocycles. The van der Waals surface area contributed by atoms with Gasteiger partial charge in [0, 0.05) is 30.7 Å². The second kappa shape index (κ2) is 8.50. The molecule has 0 aliphatic carbocycles. The number of halogens is 1. The summed E-state index contributed by atoms with van der Waals surface area (Å²) in [6, 6.07) is 15.0. The third-order valence-electron chi connectivity index (χ3n) is 3.71. The van der Waals surface area contributed by atoms with Gasteiger partial charge in [-0.15, -0.1) is 0 Å². The third kappa shape index (κ3) is 5.10. The van der Waals surface area contributed by atoms with Crippen LogP contribution in [-0.2, 0) is 16.0 Å². The average molecular weight is 345 g/mol. The summed E-state index contributed by atoms with van der Waals surface area (Å²) in [6.07, 6.45) is 0.331. The van der Waals surface area contributed by atoms with Gasteiger partial charge in [-0.2, -0.15) is 0 Å². The first-order valence-electron chi connectivity index (χ1n) is 7.82. The van der Waals surface area contributed by atoms with E-state index in [1.165, 1.54) is 6.92 Å². The predicted molar refractivity (Wildman–Crippen MR) is 97.4 cm³/mol. The Labute approximate surface area is 147 Å². The molecule has 2 amide bonds. The van der Waals surface area contributed by atoms with Gasteiger partial charge in [-0.3, -0.25) is 9.59 Å². The molecule has 0 aliphatic heterocycles. The Balaban J connectivity index is 1.91. The number of benzene rings is 2. The molecule has 2 rings (SSSR count). The van der Waals surface area contributed by atoms with E-state index in [0.717, 1.165) is 16.8 Å². The maximum atomic E-state index is 12.0. The molecule has 4 nitrogen and oxygen atoms in total. The lowest BCUT2D eigenvalue weighted by atomic mass is 10.1. The zero-order chi connectivity index (χ0) is 17.5. The highest BCUT2D eigenvalue weighted by atomic mass is 35.5. The lowest BCUT2D eigenvalue weighted by Gasteiger charge is -2.22. The van der Waals surface area contributed by atoms with Crippen molar-refractivity contribution in [2.75, 3.05) is 18.0 Å². The van der Waals surface area contributed by atoms with Gasteiger partial charge in [0.1, 0.15) is 0 Å². The maximum Gasteiger partial charge on any atom is 0.224 e. The molecule has 0 spiro atoms. The summed E-state index contributed by atoms with van der Waals surface area (Å²) in [6.45, 7) is 4.19. The zero-order valence-electron chi connectivity index (χ0n) is 13.9. The van der Waals surface area contributed by atoms with Crippen LogP contribution in [-0.4, -0.2) is 24.9 Å². The number of anilines is 1. The second-order valence-electron chi connectivity index (χ2n) is 5.62. The maximum absolute atomic E-state index is 12.0. The Morgan fingerprint density at radius 3 is 2.46 bits per heavy atom. The molecule has 0 unspecified atom stereocenters.